The molecule has 0 aromatic heterocycles. The van der Waals surface area contributed by atoms with Gasteiger partial charge in [-0.1, -0.05) is 76.0 Å². The quantitative estimate of drug-likeness (QED) is 0.179. The van der Waals surface area contributed by atoms with Crippen molar-refractivity contribution in [3.05, 3.63) is 157 Å². The van der Waals surface area contributed by atoms with Crippen LogP contribution in [0.4, 0.5) is 0 Å². The van der Waals surface area contributed by atoms with Gasteiger partial charge in [0.25, 0.3) is 0 Å². The van der Waals surface area contributed by atoms with Gasteiger partial charge >= 0.3 is 21.7 Å². The van der Waals surface area contributed by atoms with Crippen LogP contribution in [0.1, 0.15) is 53.1 Å². The molecule has 0 unspecified atom stereocenters. The van der Waals surface area contributed by atoms with Crippen LogP contribution in [0.15, 0.2) is 103 Å². The van der Waals surface area contributed by atoms with Crippen molar-refractivity contribution in [2.75, 3.05) is 0 Å². The first-order chi connectivity index (χ1) is 17.3. The topological polar surface area (TPSA) is 0 Å². The molecule has 37 heavy (non-hydrogen) atoms. The van der Waals surface area contributed by atoms with E-state index in [0.717, 1.165) is 16.7 Å². The van der Waals surface area contributed by atoms with Crippen molar-refractivity contribution in [3.63, 3.8) is 0 Å². The second-order valence-corrected chi connectivity index (χ2v) is 15.6. The SMILES string of the molecule is CC[Si](C)(C)C[c-]1ccc2c1CCCC2.[CH2-]c1ccccc1.[CH2-]c1ccccc1.[CH2-]c1ccccc1.[Ti+4]. The van der Waals surface area contributed by atoms with Crippen molar-refractivity contribution in [3.8, 4) is 0 Å². The molecule has 192 valence electrons. The Morgan fingerprint density at radius 2 is 1.05 bits per heavy atom. The van der Waals surface area contributed by atoms with Crippen molar-refractivity contribution in [1.29, 1.82) is 0 Å². The minimum Gasteiger partial charge on any atom is -0.210 e. The molecular formula is C35H44SiTi. The van der Waals surface area contributed by atoms with Gasteiger partial charge in [0.1, 0.15) is 0 Å². The van der Waals surface area contributed by atoms with E-state index in [4.69, 9.17) is 0 Å². The maximum atomic E-state index is 3.72. The second-order valence-electron chi connectivity index (χ2n) is 10.2. The third kappa shape index (κ3) is 13.6. The smallest absolute Gasteiger partial charge is 0.210 e. The van der Waals surface area contributed by atoms with Gasteiger partial charge in [0.2, 0.25) is 0 Å². The minimum atomic E-state index is -0.941. The van der Waals surface area contributed by atoms with Crippen LogP contribution < -0.4 is 0 Å². The molecular weight excluding hydrogens is 496 g/mol. The Kier molecular flexibility index (Phi) is 15.8. The Morgan fingerprint density at radius 1 is 0.649 bits per heavy atom. The van der Waals surface area contributed by atoms with Crippen LogP contribution in [0.25, 0.3) is 0 Å². The molecule has 1 aliphatic rings. The summed E-state index contributed by atoms with van der Waals surface area (Å²) in [5.41, 5.74) is 8.31. The number of hydrogen-bond acceptors (Lipinski definition) is 0. The molecule has 0 fully saturated rings. The standard InChI is InChI=1S/C14H23Si.3C7H7.Ti/c1-4-15(2,3)11-13-10-9-12-7-5-6-8-14(12)13;3*1-7-5-3-2-4-6-7;/h9-10H,4-8,11H2,1-3H3;3*2-6H,1H2;/q4*-1;+4. The fourth-order valence-electron chi connectivity index (χ4n) is 4.02. The molecule has 2 heteroatoms. The van der Waals surface area contributed by atoms with E-state index in [2.05, 4.69) is 52.9 Å². The van der Waals surface area contributed by atoms with Gasteiger partial charge in [-0.05, 0) is 0 Å². The number of hydrogen-bond donors (Lipinski definition) is 0. The van der Waals surface area contributed by atoms with Gasteiger partial charge in [0.05, 0.1) is 0 Å². The summed E-state index contributed by atoms with van der Waals surface area (Å²) in [4.78, 5) is 0. The van der Waals surface area contributed by atoms with Gasteiger partial charge in [0, 0.05) is 8.07 Å². The van der Waals surface area contributed by atoms with Gasteiger partial charge in [-0.3, -0.25) is 0 Å². The number of aryl methyl sites for hydroxylation is 1. The molecule has 0 heterocycles. The fraction of sp³-hybridized carbons (Fsp3) is 0.257. The van der Waals surface area contributed by atoms with Gasteiger partial charge in [-0.2, -0.15) is 96.6 Å². The second kappa shape index (κ2) is 17.9. The first kappa shape index (κ1) is 32.6. The molecule has 0 nitrogen and oxygen atoms in total. The molecule has 0 spiro atoms. The third-order valence-electron chi connectivity index (χ3n) is 6.54. The summed E-state index contributed by atoms with van der Waals surface area (Å²) in [6.45, 7) is 18.6. The molecule has 0 bridgehead atoms. The van der Waals surface area contributed by atoms with Crippen LogP contribution in [-0.4, -0.2) is 8.07 Å². The summed E-state index contributed by atoms with van der Waals surface area (Å²) in [5, 5.41) is 0. The van der Waals surface area contributed by atoms with Crippen molar-refractivity contribution < 1.29 is 21.7 Å². The number of fused-ring (bicyclic) bond motifs is 1. The van der Waals surface area contributed by atoms with E-state index in [0.29, 0.717) is 0 Å². The molecule has 0 radical (unpaired) electrons. The molecule has 0 saturated heterocycles. The van der Waals surface area contributed by atoms with Gasteiger partial charge in [-0.25, -0.2) is 6.07 Å². The zero-order chi connectivity index (χ0) is 26.2. The third-order valence-corrected chi connectivity index (χ3v) is 9.79. The van der Waals surface area contributed by atoms with Crippen LogP contribution in [-0.2, 0) is 40.6 Å². The Bertz CT molecular complexity index is 993. The van der Waals surface area contributed by atoms with E-state index in [1.807, 2.05) is 91.0 Å². The molecule has 0 aliphatic heterocycles. The Labute approximate surface area is 243 Å². The maximum absolute atomic E-state index is 3.72. The van der Waals surface area contributed by atoms with Gasteiger partial charge in [0.15, 0.2) is 0 Å². The van der Waals surface area contributed by atoms with Gasteiger partial charge < -0.3 is 0 Å². The number of benzene rings is 3. The van der Waals surface area contributed by atoms with E-state index >= 15 is 0 Å². The largest absolute Gasteiger partial charge is 4.00 e. The van der Waals surface area contributed by atoms with Crippen LogP contribution in [0.2, 0.25) is 19.1 Å². The normalized spacial score (nSPS) is 11.5. The van der Waals surface area contributed by atoms with Gasteiger partial charge in [-0.15, -0.1) is 36.4 Å². The molecule has 1 aliphatic carbocycles. The minimum absolute atomic E-state index is 0. The Morgan fingerprint density at radius 3 is 1.41 bits per heavy atom. The average Bonchev–Trinajstić information content (AvgIpc) is 3.29. The Balaban J connectivity index is 0.000000264. The van der Waals surface area contributed by atoms with E-state index < -0.39 is 8.07 Å². The molecule has 4 aromatic carbocycles. The fourth-order valence-corrected chi connectivity index (χ4v) is 5.63. The molecule has 0 saturated carbocycles. The number of rotatable bonds is 3. The van der Waals surface area contributed by atoms with E-state index in [1.165, 1.54) is 37.8 Å². The monoisotopic (exact) mass is 540 g/mol. The first-order valence-corrected chi connectivity index (χ1v) is 16.6. The van der Waals surface area contributed by atoms with E-state index in [-0.39, 0.29) is 21.7 Å². The van der Waals surface area contributed by atoms with E-state index in [9.17, 15) is 0 Å². The molecule has 0 N–H and O–H groups in total. The predicted octanol–water partition coefficient (Wildman–Crippen LogP) is 9.70. The van der Waals surface area contributed by atoms with Crippen LogP contribution in [0, 0.1) is 20.8 Å². The Hall–Kier alpha value is -2.45. The summed E-state index contributed by atoms with van der Waals surface area (Å²) in [5.74, 6) is 0. The zero-order valence-corrected chi connectivity index (χ0v) is 25.7. The summed E-state index contributed by atoms with van der Waals surface area (Å²) >= 11 is 0. The van der Waals surface area contributed by atoms with Crippen molar-refractivity contribution in [1.82, 2.24) is 0 Å². The summed E-state index contributed by atoms with van der Waals surface area (Å²) in [6.07, 6.45) is 5.51. The summed E-state index contributed by atoms with van der Waals surface area (Å²) in [6, 6.07) is 37.2. The molecule has 0 atom stereocenters. The summed E-state index contributed by atoms with van der Waals surface area (Å²) < 4.78 is 0. The zero-order valence-electron chi connectivity index (χ0n) is 23.2. The maximum Gasteiger partial charge on any atom is 4.00 e. The average molecular weight is 541 g/mol. The van der Waals surface area contributed by atoms with E-state index in [1.54, 1.807) is 16.7 Å². The summed E-state index contributed by atoms with van der Waals surface area (Å²) in [7, 11) is -0.941. The molecule has 5 rings (SSSR count). The molecule has 0 amide bonds. The van der Waals surface area contributed by atoms with Crippen molar-refractivity contribution in [2.45, 2.75) is 57.8 Å². The predicted molar refractivity (Wildman–Crippen MR) is 163 cm³/mol. The van der Waals surface area contributed by atoms with Crippen LogP contribution in [0.5, 0.6) is 0 Å². The molecule has 4 aromatic rings. The first-order valence-electron chi connectivity index (χ1n) is 13.2. The van der Waals surface area contributed by atoms with Crippen LogP contribution >= 0.6 is 0 Å². The van der Waals surface area contributed by atoms with Crippen molar-refractivity contribution in [2.24, 2.45) is 0 Å². The van der Waals surface area contributed by atoms with Crippen molar-refractivity contribution >= 4 is 8.07 Å². The van der Waals surface area contributed by atoms with Crippen LogP contribution in [0.3, 0.4) is 0 Å².